The average molecular weight is 513 g/mol. The van der Waals surface area contributed by atoms with Crippen molar-refractivity contribution < 1.29 is 9.15 Å². The van der Waals surface area contributed by atoms with Crippen LogP contribution in [0.4, 0.5) is 0 Å². The highest BCUT2D eigenvalue weighted by Gasteiger charge is 2.06. The zero-order valence-corrected chi connectivity index (χ0v) is 18.8. The van der Waals surface area contributed by atoms with Gasteiger partial charge in [-0.25, -0.2) is 4.98 Å². The highest BCUT2D eigenvalue weighted by Crippen LogP contribution is 2.27. The van der Waals surface area contributed by atoms with Gasteiger partial charge in [-0.15, -0.1) is 24.0 Å². The summed E-state index contributed by atoms with van der Waals surface area (Å²) in [5.74, 6) is 2.78. The van der Waals surface area contributed by atoms with Gasteiger partial charge in [-0.1, -0.05) is 23.2 Å². The number of aromatic nitrogens is 1. The Hall–Kier alpha value is -1.19. The molecule has 0 aliphatic carbocycles. The number of hydrogen-bond acceptors (Lipinski definition) is 4. The maximum Gasteiger partial charge on any atom is 0.214 e. The first-order valence-corrected chi connectivity index (χ1v) is 8.70. The number of hydrogen-bond donors (Lipinski definition) is 2. The maximum atomic E-state index is 6.06. The van der Waals surface area contributed by atoms with Gasteiger partial charge in [0, 0.05) is 18.6 Å². The Labute approximate surface area is 180 Å². The molecule has 9 heteroatoms. The third-order valence-corrected chi connectivity index (χ3v) is 4.00. The number of guanidine groups is 1. The molecule has 0 spiro atoms. The van der Waals surface area contributed by atoms with Crippen molar-refractivity contribution in [2.45, 2.75) is 26.8 Å². The number of benzene rings is 1. The molecule has 0 saturated heterocycles. The number of rotatable bonds is 7. The SMILES string of the molecule is CN=C(NCCCOc1ccc(Cl)cc1Cl)NCc1nc(C)c(C)o1.I. The minimum absolute atomic E-state index is 0. The molecule has 2 rings (SSSR count). The van der Waals surface area contributed by atoms with Gasteiger partial charge in [0.25, 0.3) is 0 Å². The van der Waals surface area contributed by atoms with Gasteiger partial charge in [0.05, 0.1) is 23.9 Å². The van der Waals surface area contributed by atoms with Gasteiger partial charge in [0.15, 0.2) is 5.96 Å². The topological polar surface area (TPSA) is 71.7 Å². The smallest absolute Gasteiger partial charge is 0.214 e. The van der Waals surface area contributed by atoms with E-state index in [9.17, 15) is 0 Å². The van der Waals surface area contributed by atoms with Crippen molar-refractivity contribution in [3.05, 3.63) is 45.6 Å². The number of oxazole rings is 1. The van der Waals surface area contributed by atoms with E-state index in [1.54, 1.807) is 25.2 Å². The van der Waals surface area contributed by atoms with Gasteiger partial charge in [-0.05, 0) is 38.5 Å². The van der Waals surface area contributed by atoms with E-state index in [0.717, 1.165) is 17.9 Å². The van der Waals surface area contributed by atoms with E-state index in [-0.39, 0.29) is 24.0 Å². The van der Waals surface area contributed by atoms with Gasteiger partial charge in [-0.3, -0.25) is 4.99 Å². The molecule has 0 unspecified atom stereocenters. The molecular weight excluding hydrogens is 490 g/mol. The lowest BCUT2D eigenvalue weighted by molar-refractivity contribution is 0.311. The normalized spacial score (nSPS) is 11.0. The predicted octanol–water partition coefficient (Wildman–Crippen LogP) is 4.35. The Kier molecular flexibility index (Phi) is 10.1. The zero-order valence-electron chi connectivity index (χ0n) is 14.9. The first kappa shape index (κ1) is 22.9. The third-order valence-electron chi connectivity index (χ3n) is 3.47. The standard InChI is InChI=1S/C17H22Cl2N4O2.HI/c1-11-12(2)25-16(23-11)10-22-17(20-3)21-7-4-8-24-15-6-5-13(18)9-14(15)19;/h5-6,9H,4,7-8,10H2,1-3H3,(H2,20,21,22);1H. The molecule has 0 radical (unpaired) electrons. The molecule has 26 heavy (non-hydrogen) atoms. The summed E-state index contributed by atoms with van der Waals surface area (Å²) in [4.78, 5) is 8.48. The van der Waals surface area contributed by atoms with E-state index < -0.39 is 0 Å². The number of aryl methyl sites for hydroxylation is 2. The van der Waals surface area contributed by atoms with Crippen LogP contribution in [0.1, 0.15) is 23.8 Å². The lowest BCUT2D eigenvalue weighted by Gasteiger charge is -2.11. The molecule has 144 valence electrons. The molecular formula is C17H23Cl2IN4O2. The van der Waals surface area contributed by atoms with Crippen molar-refractivity contribution in [2.24, 2.45) is 4.99 Å². The summed E-state index contributed by atoms with van der Waals surface area (Å²) in [5.41, 5.74) is 0.901. The van der Waals surface area contributed by atoms with Crippen LogP contribution in [0.25, 0.3) is 0 Å². The molecule has 0 aliphatic heterocycles. The molecule has 0 bridgehead atoms. The van der Waals surface area contributed by atoms with Crippen molar-refractivity contribution in [3.63, 3.8) is 0 Å². The summed E-state index contributed by atoms with van der Waals surface area (Å²) < 4.78 is 11.2. The van der Waals surface area contributed by atoms with Crippen LogP contribution in [0.15, 0.2) is 27.6 Å². The Bertz CT molecular complexity index is 718. The van der Waals surface area contributed by atoms with Crippen LogP contribution < -0.4 is 15.4 Å². The second kappa shape index (κ2) is 11.5. The van der Waals surface area contributed by atoms with Crippen LogP contribution in [-0.4, -0.2) is 31.1 Å². The van der Waals surface area contributed by atoms with E-state index in [2.05, 4.69) is 20.6 Å². The third kappa shape index (κ3) is 7.20. The lowest BCUT2D eigenvalue weighted by Crippen LogP contribution is -2.37. The summed E-state index contributed by atoms with van der Waals surface area (Å²) in [7, 11) is 1.71. The Morgan fingerprint density at radius 3 is 2.65 bits per heavy atom. The molecule has 0 aliphatic rings. The number of nitrogens with zero attached hydrogens (tertiary/aromatic N) is 2. The largest absolute Gasteiger partial charge is 0.492 e. The van der Waals surface area contributed by atoms with E-state index >= 15 is 0 Å². The average Bonchev–Trinajstić information content (AvgIpc) is 2.90. The number of ether oxygens (including phenoxy) is 1. The highest BCUT2D eigenvalue weighted by molar-refractivity contribution is 14.0. The van der Waals surface area contributed by atoms with Gasteiger partial charge in [0.1, 0.15) is 11.5 Å². The molecule has 2 N–H and O–H groups in total. The van der Waals surface area contributed by atoms with Crippen molar-refractivity contribution in [3.8, 4) is 5.75 Å². The van der Waals surface area contributed by atoms with Crippen LogP contribution in [0, 0.1) is 13.8 Å². The lowest BCUT2D eigenvalue weighted by atomic mass is 10.3. The number of halogens is 3. The van der Waals surface area contributed by atoms with Crippen molar-refractivity contribution in [2.75, 3.05) is 20.2 Å². The molecule has 2 aromatic rings. The van der Waals surface area contributed by atoms with Gasteiger partial charge in [0.2, 0.25) is 5.89 Å². The molecule has 1 heterocycles. The van der Waals surface area contributed by atoms with Gasteiger partial charge < -0.3 is 19.8 Å². The highest BCUT2D eigenvalue weighted by atomic mass is 127. The van der Waals surface area contributed by atoms with Gasteiger partial charge >= 0.3 is 0 Å². The van der Waals surface area contributed by atoms with Crippen LogP contribution in [0.3, 0.4) is 0 Å². The fourth-order valence-electron chi connectivity index (χ4n) is 2.05. The van der Waals surface area contributed by atoms with Crippen molar-refractivity contribution in [1.82, 2.24) is 15.6 Å². The Balaban J connectivity index is 0.00000338. The van der Waals surface area contributed by atoms with Gasteiger partial charge in [-0.2, -0.15) is 0 Å². The monoisotopic (exact) mass is 512 g/mol. The maximum absolute atomic E-state index is 6.06. The van der Waals surface area contributed by atoms with E-state index in [1.807, 2.05) is 13.8 Å². The predicted molar refractivity (Wildman–Crippen MR) is 116 cm³/mol. The van der Waals surface area contributed by atoms with E-state index in [4.69, 9.17) is 32.4 Å². The summed E-state index contributed by atoms with van der Waals surface area (Å²) in [6.45, 7) is 5.53. The quantitative estimate of drug-likeness (QED) is 0.250. The van der Waals surface area contributed by atoms with Crippen molar-refractivity contribution >= 4 is 53.1 Å². The summed E-state index contributed by atoms with van der Waals surface area (Å²) in [6, 6.07) is 5.17. The summed E-state index contributed by atoms with van der Waals surface area (Å²) >= 11 is 11.9. The van der Waals surface area contributed by atoms with E-state index in [1.165, 1.54) is 0 Å². The molecule has 0 atom stereocenters. The first-order chi connectivity index (χ1) is 12.0. The Morgan fingerprint density at radius 2 is 2.04 bits per heavy atom. The minimum atomic E-state index is 0. The molecule has 1 aromatic carbocycles. The fourth-order valence-corrected chi connectivity index (χ4v) is 2.51. The summed E-state index contributed by atoms with van der Waals surface area (Å²) in [6.07, 6.45) is 0.789. The molecule has 0 amide bonds. The van der Waals surface area contributed by atoms with E-state index in [0.29, 0.717) is 47.3 Å². The molecule has 0 saturated carbocycles. The van der Waals surface area contributed by atoms with Crippen LogP contribution in [0.5, 0.6) is 5.75 Å². The zero-order chi connectivity index (χ0) is 18.2. The van der Waals surface area contributed by atoms with Crippen LogP contribution in [0.2, 0.25) is 10.0 Å². The Morgan fingerprint density at radius 1 is 1.27 bits per heavy atom. The first-order valence-electron chi connectivity index (χ1n) is 7.95. The number of nitrogens with one attached hydrogen (secondary N) is 2. The van der Waals surface area contributed by atoms with Crippen molar-refractivity contribution in [1.29, 1.82) is 0 Å². The fraction of sp³-hybridized carbons (Fsp3) is 0.412. The second-order valence-electron chi connectivity index (χ2n) is 5.38. The molecule has 6 nitrogen and oxygen atoms in total. The molecule has 0 fully saturated rings. The molecule has 1 aromatic heterocycles. The van der Waals surface area contributed by atoms with Crippen LogP contribution >= 0.6 is 47.2 Å². The second-order valence-corrected chi connectivity index (χ2v) is 6.22. The number of aliphatic imine (C=N–C) groups is 1. The summed E-state index contributed by atoms with van der Waals surface area (Å²) in [5, 5.41) is 7.46. The van der Waals surface area contributed by atoms with Crippen LogP contribution in [-0.2, 0) is 6.54 Å². The minimum Gasteiger partial charge on any atom is -0.492 e.